The number of alkyl halides is 1. The number of Topliss-reactive ketones (excluding diaryl/α,β-unsaturated/α-hetero) is 2. The van der Waals surface area contributed by atoms with Crippen molar-refractivity contribution in [3.63, 3.8) is 0 Å². The summed E-state index contributed by atoms with van der Waals surface area (Å²) in [5, 5.41) is 39.0. The first-order valence-electron chi connectivity index (χ1n) is 6.97. The fraction of sp³-hybridized carbons (Fsp3) is 0.125. The van der Waals surface area contributed by atoms with Gasteiger partial charge in [0.15, 0.2) is 34.6 Å². The lowest BCUT2D eigenvalue weighted by Crippen LogP contribution is -2.01. The molecule has 2 aromatic rings. The second-order valence-electron chi connectivity index (χ2n) is 4.78. The third-order valence-electron chi connectivity index (χ3n) is 2.99. The molecule has 0 saturated heterocycles. The van der Waals surface area contributed by atoms with E-state index in [1.165, 1.54) is 30.3 Å². The summed E-state index contributed by atoms with van der Waals surface area (Å²) in [7, 11) is 0. The highest BCUT2D eigenvalue weighted by molar-refractivity contribution is 6.30. The molecular weight excluding hydrogens is 366 g/mol. The van der Waals surface area contributed by atoms with E-state index in [4.69, 9.17) is 37.6 Å². The van der Waals surface area contributed by atoms with Crippen LogP contribution in [0.25, 0.3) is 10.4 Å². The second-order valence-corrected chi connectivity index (χ2v) is 5.04. The first kappa shape index (κ1) is 20.6. The molecule has 136 valence electrons. The molecule has 0 aromatic heterocycles. The van der Waals surface area contributed by atoms with Crippen molar-refractivity contribution in [2.45, 2.75) is 0 Å². The molecule has 0 heterocycles. The number of nitrogens with zero attached hydrogens (tertiary/aromatic N) is 3. The number of carbonyl (C=O) groups excluding carboxylic acids is 2. The summed E-state index contributed by atoms with van der Waals surface area (Å²) in [4.78, 5) is 24.6. The Balaban J connectivity index is 0.000000263. The number of rotatable bonds is 5. The Kier molecular flexibility index (Phi) is 7.75. The maximum Gasteiger partial charge on any atom is 0.177 e. The van der Waals surface area contributed by atoms with E-state index in [9.17, 15) is 9.59 Å². The van der Waals surface area contributed by atoms with Crippen LogP contribution in [0.3, 0.4) is 0 Å². The highest BCUT2D eigenvalue weighted by Crippen LogP contribution is 2.25. The highest BCUT2D eigenvalue weighted by atomic mass is 35.5. The summed E-state index contributed by atoms with van der Waals surface area (Å²) >= 11 is 5.28. The van der Waals surface area contributed by atoms with E-state index >= 15 is 0 Å². The SMILES string of the molecule is O=C(CCl)c1ccc(O)c(O)c1.[N-]=[N+]=NCC(=O)c1ccc(O)c(O)c1. The number of phenolic OH excluding ortho intramolecular Hbond substituents is 4. The van der Waals surface area contributed by atoms with Gasteiger partial charge in [0.05, 0.1) is 12.4 Å². The summed E-state index contributed by atoms with van der Waals surface area (Å²) in [5.41, 5.74) is 8.46. The standard InChI is InChI=1S/C8H7ClO3.C8H7N3O3/c9-4-8(12)5-1-2-6(10)7(11)3-5;9-11-10-4-8(14)5-1-2-6(12)7(13)3-5/h1-3,10-11H,4H2;1-3,12-13H,4H2. The Morgan fingerprint density at radius 1 is 0.885 bits per heavy atom. The van der Waals surface area contributed by atoms with Crippen LogP contribution < -0.4 is 0 Å². The zero-order valence-corrected chi connectivity index (χ0v) is 14.0. The van der Waals surface area contributed by atoms with E-state index < -0.39 is 5.78 Å². The van der Waals surface area contributed by atoms with Crippen molar-refractivity contribution in [2.75, 3.05) is 12.4 Å². The van der Waals surface area contributed by atoms with Crippen LogP contribution in [-0.2, 0) is 0 Å². The molecule has 9 nitrogen and oxygen atoms in total. The predicted octanol–water partition coefficient (Wildman–Crippen LogP) is 3.11. The van der Waals surface area contributed by atoms with Gasteiger partial charge in [-0.3, -0.25) is 9.59 Å². The molecule has 0 radical (unpaired) electrons. The van der Waals surface area contributed by atoms with Crippen LogP contribution in [0.15, 0.2) is 41.5 Å². The molecular formula is C16H14ClN3O6. The van der Waals surface area contributed by atoms with Gasteiger partial charge in [0.25, 0.3) is 0 Å². The van der Waals surface area contributed by atoms with E-state index in [0.717, 1.165) is 6.07 Å². The Hall–Kier alpha value is -3.42. The summed E-state index contributed by atoms with van der Waals surface area (Å²) in [6.45, 7) is -0.305. The molecule has 0 saturated carbocycles. The van der Waals surface area contributed by atoms with Gasteiger partial charge in [-0.15, -0.1) is 11.6 Å². The topological polar surface area (TPSA) is 164 Å². The van der Waals surface area contributed by atoms with Gasteiger partial charge in [-0.1, -0.05) is 5.11 Å². The number of hydrogen-bond donors (Lipinski definition) is 4. The minimum absolute atomic E-state index is 0.135. The third-order valence-corrected chi connectivity index (χ3v) is 3.24. The zero-order chi connectivity index (χ0) is 19.7. The number of benzene rings is 2. The molecule has 2 aromatic carbocycles. The van der Waals surface area contributed by atoms with Crippen molar-refractivity contribution in [1.29, 1.82) is 0 Å². The molecule has 0 spiro atoms. The van der Waals surface area contributed by atoms with Crippen LogP contribution in [0.4, 0.5) is 0 Å². The Labute approximate surface area is 152 Å². The van der Waals surface area contributed by atoms with Crippen LogP contribution in [0, 0.1) is 0 Å². The molecule has 0 aliphatic rings. The number of phenols is 4. The van der Waals surface area contributed by atoms with Crippen molar-refractivity contribution in [3.8, 4) is 23.0 Å². The van der Waals surface area contributed by atoms with E-state index in [-0.39, 0.29) is 46.8 Å². The monoisotopic (exact) mass is 379 g/mol. The molecule has 4 N–H and O–H groups in total. The first-order valence-corrected chi connectivity index (χ1v) is 7.50. The smallest absolute Gasteiger partial charge is 0.177 e. The molecule has 2 rings (SSSR count). The average molecular weight is 380 g/mol. The minimum atomic E-state index is -0.418. The van der Waals surface area contributed by atoms with Gasteiger partial charge in [0.1, 0.15) is 0 Å². The van der Waals surface area contributed by atoms with Crippen LogP contribution in [-0.4, -0.2) is 44.4 Å². The Bertz CT molecular complexity index is 865. The normalized spacial score (nSPS) is 9.42. The highest BCUT2D eigenvalue weighted by Gasteiger charge is 2.08. The summed E-state index contributed by atoms with van der Waals surface area (Å²) in [5.74, 6) is -2.08. The van der Waals surface area contributed by atoms with Crippen molar-refractivity contribution in [3.05, 3.63) is 58.0 Å². The maximum absolute atomic E-state index is 11.2. The summed E-state index contributed by atoms with van der Waals surface area (Å²) in [6, 6.07) is 7.47. The molecule has 0 aliphatic heterocycles. The number of carbonyl (C=O) groups is 2. The molecule has 26 heavy (non-hydrogen) atoms. The zero-order valence-electron chi connectivity index (χ0n) is 13.2. The number of ketones is 2. The lowest BCUT2D eigenvalue weighted by Gasteiger charge is -2.00. The van der Waals surface area contributed by atoms with Gasteiger partial charge in [-0.05, 0) is 41.9 Å². The first-order chi connectivity index (χ1) is 12.3. The molecule has 0 aliphatic carbocycles. The van der Waals surface area contributed by atoms with Gasteiger partial charge in [-0.25, -0.2) is 0 Å². The van der Waals surface area contributed by atoms with Crippen molar-refractivity contribution < 1.29 is 30.0 Å². The quantitative estimate of drug-likeness (QED) is 0.156. The predicted molar refractivity (Wildman–Crippen MR) is 92.9 cm³/mol. The van der Waals surface area contributed by atoms with Gasteiger partial charge >= 0.3 is 0 Å². The molecule has 0 atom stereocenters. The lowest BCUT2D eigenvalue weighted by molar-refractivity contribution is 0.0997. The van der Waals surface area contributed by atoms with Crippen LogP contribution in [0.1, 0.15) is 20.7 Å². The Morgan fingerprint density at radius 2 is 1.35 bits per heavy atom. The molecule has 0 amide bonds. The molecule has 0 unspecified atom stereocenters. The molecule has 10 heteroatoms. The number of azide groups is 1. The average Bonchev–Trinajstić information content (AvgIpc) is 2.64. The van der Waals surface area contributed by atoms with Gasteiger partial charge < -0.3 is 20.4 Å². The van der Waals surface area contributed by atoms with E-state index in [0.29, 0.717) is 5.56 Å². The second kappa shape index (κ2) is 9.77. The fourth-order valence-corrected chi connectivity index (χ4v) is 1.81. The van der Waals surface area contributed by atoms with Crippen LogP contribution in [0.5, 0.6) is 23.0 Å². The largest absolute Gasteiger partial charge is 0.504 e. The summed E-state index contributed by atoms with van der Waals surface area (Å²) < 4.78 is 0. The number of aromatic hydroxyl groups is 4. The maximum atomic E-state index is 11.2. The van der Waals surface area contributed by atoms with Crippen molar-refractivity contribution in [1.82, 2.24) is 0 Å². The molecule has 0 bridgehead atoms. The summed E-state index contributed by atoms with van der Waals surface area (Å²) in [6.07, 6.45) is 0. The van der Waals surface area contributed by atoms with Gasteiger partial charge in [0.2, 0.25) is 0 Å². The van der Waals surface area contributed by atoms with Crippen molar-refractivity contribution >= 4 is 23.2 Å². The van der Waals surface area contributed by atoms with Crippen LogP contribution >= 0.6 is 11.6 Å². The van der Waals surface area contributed by atoms with Gasteiger partial charge in [0, 0.05) is 16.0 Å². The number of halogens is 1. The van der Waals surface area contributed by atoms with E-state index in [1.807, 2.05) is 0 Å². The minimum Gasteiger partial charge on any atom is -0.504 e. The van der Waals surface area contributed by atoms with E-state index in [1.54, 1.807) is 0 Å². The van der Waals surface area contributed by atoms with E-state index in [2.05, 4.69) is 10.0 Å². The Morgan fingerprint density at radius 3 is 1.73 bits per heavy atom. The van der Waals surface area contributed by atoms with Crippen LogP contribution in [0.2, 0.25) is 0 Å². The lowest BCUT2D eigenvalue weighted by atomic mass is 10.1. The van der Waals surface area contributed by atoms with Gasteiger partial charge in [-0.2, -0.15) is 0 Å². The third kappa shape index (κ3) is 5.90. The molecule has 0 fully saturated rings. The van der Waals surface area contributed by atoms with Crippen molar-refractivity contribution in [2.24, 2.45) is 5.11 Å². The fourth-order valence-electron chi connectivity index (χ4n) is 1.66. The number of hydrogen-bond acceptors (Lipinski definition) is 7.